The Kier molecular flexibility index (Phi) is 3.02. The van der Waals surface area contributed by atoms with Crippen LogP contribution in [0.4, 0.5) is 5.69 Å². The first-order valence-corrected chi connectivity index (χ1v) is 6.60. The van der Waals surface area contributed by atoms with E-state index in [9.17, 15) is 14.4 Å². The predicted octanol–water partition coefficient (Wildman–Crippen LogP) is 2.45. The van der Waals surface area contributed by atoms with Gasteiger partial charge in [0.2, 0.25) is 5.78 Å². The maximum atomic E-state index is 12.0. The fourth-order valence-electron chi connectivity index (χ4n) is 2.12. The highest BCUT2D eigenvalue weighted by Gasteiger charge is 2.38. The number of fused-ring (bicyclic) bond motifs is 1. The third kappa shape index (κ3) is 1.89. The Morgan fingerprint density at radius 2 is 2.00 bits per heavy atom. The largest absolute Gasteiger partial charge is 0.461 e. The molecule has 0 bridgehead atoms. The minimum atomic E-state index is -0.702. The molecule has 0 N–H and O–H groups in total. The van der Waals surface area contributed by atoms with Gasteiger partial charge in [0.05, 0.1) is 24.1 Å². The van der Waals surface area contributed by atoms with Gasteiger partial charge < -0.3 is 4.42 Å². The number of amides is 1. The molecular formula is C14H8BrNO4. The van der Waals surface area contributed by atoms with Gasteiger partial charge in [0.15, 0.2) is 5.76 Å². The molecule has 1 aliphatic rings. The zero-order valence-electron chi connectivity index (χ0n) is 10.1. The molecule has 0 fully saturated rings. The molecule has 1 amide bonds. The van der Waals surface area contributed by atoms with Gasteiger partial charge in [-0.05, 0) is 40.2 Å². The van der Waals surface area contributed by atoms with Crippen molar-refractivity contribution in [2.24, 2.45) is 0 Å². The van der Waals surface area contributed by atoms with E-state index in [1.165, 1.54) is 17.2 Å². The van der Waals surface area contributed by atoms with Crippen LogP contribution < -0.4 is 4.90 Å². The maximum Gasteiger partial charge on any atom is 0.299 e. The van der Waals surface area contributed by atoms with Crippen LogP contribution in [0.3, 0.4) is 0 Å². The Morgan fingerprint density at radius 1 is 1.20 bits per heavy atom. The van der Waals surface area contributed by atoms with E-state index in [0.29, 0.717) is 15.7 Å². The first kappa shape index (κ1) is 12.8. The molecule has 0 saturated carbocycles. The summed E-state index contributed by atoms with van der Waals surface area (Å²) < 4.78 is 5.60. The van der Waals surface area contributed by atoms with Crippen LogP contribution in [-0.4, -0.2) is 24.0 Å². The quantitative estimate of drug-likeness (QED) is 0.639. The average molecular weight is 334 g/mol. The van der Waals surface area contributed by atoms with Gasteiger partial charge in [-0.1, -0.05) is 6.07 Å². The lowest BCUT2D eigenvalue weighted by molar-refractivity contribution is -0.114. The lowest BCUT2D eigenvalue weighted by Crippen LogP contribution is -2.34. The standard InChI is InChI=1S/C14H8BrNO4/c15-9-4-1-3-8-12(9)16(14(19)13(8)18)7-10(17)11-5-2-6-20-11/h1-6H,7H2. The van der Waals surface area contributed by atoms with Crippen molar-refractivity contribution >= 4 is 39.1 Å². The zero-order valence-corrected chi connectivity index (χ0v) is 11.7. The van der Waals surface area contributed by atoms with Gasteiger partial charge in [0.1, 0.15) is 0 Å². The topological polar surface area (TPSA) is 67.6 Å². The van der Waals surface area contributed by atoms with Gasteiger partial charge in [0.25, 0.3) is 11.7 Å². The lowest BCUT2D eigenvalue weighted by Gasteiger charge is -2.16. The summed E-state index contributed by atoms with van der Waals surface area (Å²) in [6, 6.07) is 8.07. The number of anilines is 1. The number of benzene rings is 1. The van der Waals surface area contributed by atoms with Crippen LogP contribution in [-0.2, 0) is 4.79 Å². The fourth-order valence-corrected chi connectivity index (χ4v) is 2.70. The van der Waals surface area contributed by atoms with Crippen LogP contribution in [0.15, 0.2) is 45.5 Å². The summed E-state index contributed by atoms with van der Waals surface area (Å²) in [5, 5.41) is 0. The molecule has 2 heterocycles. The number of rotatable bonds is 3. The summed E-state index contributed by atoms with van der Waals surface area (Å²) in [6.45, 7) is -0.228. The van der Waals surface area contributed by atoms with Crippen molar-refractivity contribution in [3.05, 3.63) is 52.4 Å². The van der Waals surface area contributed by atoms with E-state index in [2.05, 4.69) is 15.9 Å². The SMILES string of the molecule is O=C(CN1C(=O)C(=O)c2cccc(Br)c21)c1ccco1. The number of Topliss-reactive ketones (excluding diaryl/α,β-unsaturated/α-hetero) is 2. The van der Waals surface area contributed by atoms with Crippen molar-refractivity contribution < 1.29 is 18.8 Å². The van der Waals surface area contributed by atoms with Gasteiger partial charge >= 0.3 is 0 Å². The molecule has 0 spiro atoms. The van der Waals surface area contributed by atoms with Crippen LogP contribution in [0.5, 0.6) is 0 Å². The molecule has 1 aromatic heterocycles. The maximum absolute atomic E-state index is 12.0. The van der Waals surface area contributed by atoms with Crippen molar-refractivity contribution in [2.45, 2.75) is 0 Å². The highest BCUT2D eigenvalue weighted by molar-refractivity contribution is 9.10. The van der Waals surface area contributed by atoms with Crippen LogP contribution in [0.25, 0.3) is 0 Å². The van der Waals surface area contributed by atoms with E-state index in [0.717, 1.165) is 0 Å². The monoisotopic (exact) mass is 333 g/mol. The number of carbonyl (C=O) groups excluding carboxylic acids is 3. The number of furan rings is 1. The van der Waals surface area contributed by atoms with Crippen LogP contribution in [0.2, 0.25) is 0 Å². The summed E-state index contributed by atoms with van der Waals surface area (Å²) in [6.07, 6.45) is 1.38. The van der Waals surface area contributed by atoms with Gasteiger partial charge in [-0.2, -0.15) is 0 Å². The van der Waals surface area contributed by atoms with Crippen LogP contribution in [0.1, 0.15) is 20.9 Å². The van der Waals surface area contributed by atoms with E-state index >= 15 is 0 Å². The van der Waals surface area contributed by atoms with E-state index in [4.69, 9.17) is 4.42 Å². The number of halogens is 1. The predicted molar refractivity (Wildman–Crippen MR) is 73.9 cm³/mol. The molecule has 2 aromatic rings. The molecule has 0 aliphatic carbocycles. The smallest absolute Gasteiger partial charge is 0.299 e. The molecule has 0 unspecified atom stereocenters. The molecular weight excluding hydrogens is 326 g/mol. The van der Waals surface area contributed by atoms with Crippen LogP contribution in [0, 0.1) is 0 Å². The Balaban J connectivity index is 1.97. The molecule has 0 saturated heterocycles. The highest BCUT2D eigenvalue weighted by atomic mass is 79.9. The Hall–Kier alpha value is -2.21. The molecule has 0 atom stereocenters. The highest BCUT2D eigenvalue weighted by Crippen LogP contribution is 2.35. The molecule has 6 heteroatoms. The average Bonchev–Trinajstić information content (AvgIpc) is 3.03. The minimum Gasteiger partial charge on any atom is -0.461 e. The molecule has 1 aliphatic heterocycles. The van der Waals surface area contributed by atoms with Crippen molar-refractivity contribution in [1.82, 2.24) is 0 Å². The van der Waals surface area contributed by atoms with Crippen molar-refractivity contribution in [3.63, 3.8) is 0 Å². The van der Waals surface area contributed by atoms with Gasteiger partial charge in [-0.15, -0.1) is 0 Å². The van der Waals surface area contributed by atoms with E-state index < -0.39 is 11.7 Å². The fraction of sp³-hybridized carbons (Fsp3) is 0.0714. The van der Waals surface area contributed by atoms with E-state index in [-0.39, 0.29) is 18.1 Å². The second kappa shape index (κ2) is 4.72. The van der Waals surface area contributed by atoms with Gasteiger partial charge in [-0.25, -0.2) is 0 Å². The zero-order chi connectivity index (χ0) is 14.3. The Morgan fingerprint density at radius 3 is 2.70 bits per heavy atom. The summed E-state index contributed by atoms with van der Waals surface area (Å²) in [5.74, 6) is -1.51. The lowest BCUT2D eigenvalue weighted by atomic mass is 10.1. The van der Waals surface area contributed by atoms with Gasteiger partial charge in [0, 0.05) is 4.47 Å². The first-order chi connectivity index (χ1) is 9.59. The molecule has 5 nitrogen and oxygen atoms in total. The second-order valence-corrected chi connectivity index (χ2v) is 5.11. The number of hydrogen-bond acceptors (Lipinski definition) is 4. The third-order valence-corrected chi connectivity index (χ3v) is 3.68. The molecule has 20 heavy (non-hydrogen) atoms. The molecule has 0 radical (unpaired) electrons. The normalized spacial score (nSPS) is 13.8. The van der Waals surface area contributed by atoms with Crippen LogP contribution >= 0.6 is 15.9 Å². The summed E-state index contributed by atoms with van der Waals surface area (Å²) >= 11 is 3.30. The Bertz CT molecular complexity index is 721. The Labute approximate surface area is 122 Å². The summed E-state index contributed by atoms with van der Waals surface area (Å²) in [7, 11) is 0. The van der Waals surface area contributed by atoms with E-state index in [1.54, 1.807) is 24.3 Å². The van der Waals surface area contributed by atoms with E-state index in [1.807, 2.05) is 0 Å². The molecule has 3 rings (SSSR count). The number of ketones is 2. The van der Waals surface area contributed by atoms with Crippen molar-refractivity contribution in [1.29, 1.82) is 0 Å². The number of carbonyl (C=O) groups is 3. The third-order valence-electron chi connectivity index (χ3n) is 3.04. The number of para-hydroxylation sites is 1. The molecule has 100 valence electrons. The van der Waals surface area contributed by atoms with Gasteiger partial charge in [-0.3, -0.25) is 19.3 Å². The van der Waals surface area contributed by atoms with Crippen molar-refractivity contribution in [2.75, 3.05) is 11.4 Å². The number of hydrogen-bond donors (Lipinski definition) is 0. The first-order valence-electron chi connectivity index (χ1n) is 5.81. The van der Waals surface area contributed by atoms with Crippen molar-refractivity contribution in [3.8, 4) is 0 Å². The summed E-state index contributed by atoms with van der Waals surface area (Å²) in [5.41, 5.74) is 0.735. The second-order valence-electron chi connectivity index (χ2n) is 4.26. The summed E-state index contributed by atoms with van der Waals surface area (Å²) in [4.78, 5) is 37.1. The molecule has 1 aromatic carbocycles. The minimum absolute atomic E-state index is 0.158. The number of nitrogens with zero attached hydrogens (tertiary/aromatic N) is 1.